The van der Waals surface area contributed by atoms with Crippen molar-refractivity contribution in [2.24, 2.45) is 5.10 Å². The molecule has 2 aromatic carbocycles. The summed E-state index contributed by atoms with van der Waals surface area (Å²) in [6.07, 6.45) is 4.08. The van der Waals surface area contributed by atoms with E-state index in [1.165, 1.54) is 12.1 Å². The smallest absolute Gasteiger partial charge is 0.291 e. The van der Waals surface area contributed by atoms with E-state index in [0.29, 0.717) is 11.4 Å². The number of benzene rings is 2. The van der Waals surface area contributed by atoms with Crippen LogP contribution in [0.2, 0.25) is 0 Å². The molecular formula is C25H21FN4O2. The van der Waals surface area contributed by atoms with Crippen molar-refractivity contribution in [1.82, 2.24) is 4.98 Å². The van der Waals surface area contributed by atoms with Gasteiger partial charge in [-0.1, -0.05) is 18.2 Å². The molecule has 0 saturated carbocycles. The van der Waals surface area contributed by atoms with E-state index in [2.05, 4.69) is 20.8 Å². The number of para-hydroxylation sites is 1. The third kappa shape index (κ3) is 3.73. The van der Waals surface area contributed by atoms with Crippen LogP contribution in [-0.4, -0.2) is 16.6 Å². The van der Waals surface area contributed by atoms with Crippen LogP contribution in [0.5, 0.6) is 0 Å². The molecule has 0 spiro atoms. The Labute approximate surface area is 184 Å². The summed E-state index contributed by atoms with van der Waals surface area (Å²) in [6.45, 7) is 1.87. The summed E-state index contributed by atoms with van der Waals surface area (Å²) in [4.78, 5) is 17.5. The fraction of sp³-hybridized carbons (Fsp3) is 0.160. The van der Waals surface area contributed by atoms with Gasteiger partial charge in [0.1, 0.15) is 11.6 Å². The number of fused-ring (bicyclic) bond motifs is 2. The largest absolute Gasteiger partial charge is 0.455 e. The molecule has 2 heterocycles. The second kappa shape index (κ2) is 8.26. The average Bonchev–Trinajstić information content (AvgIpc) is 3.16. The molecule has 0 unspecified atom stereocenters. The number of rotatable bonds is 4. The van der Waals surface area contributed by atoms with Crippen molar-refractivity contribution >= 4 is 33.9 Å². The lowest BCUT2D eigenvalue weighted by Crippen LogP contribution is -2.14. The summed E-state index contributed by atoms with van der Waals surface area (Å²) in [7, 11) is 0. The number of amides is 1. The van der Waals surface area contributed by atoms with Crippen LogP contribution in [0, 0.1) is 12.7 Å². The average molecular weight is 428 g/mol. The molecule has 0 aliphatic heterocycles. The molecule has 7 heteroatoms. The van der Waals surface area contributed by atoms with E-state index in [-0.39, 0.29) is 17.5 Å². The highest BCUT2D eigenvalue weighted by molar-refractivity contribution is 6.11. The molecule has 1 aliphatic rings. The van der Waals surface area contributed by atoms with Gasteiger partial charge in [-0.3, -0.25) is 15.2 Å². The molecule has 5 rings (SSSR count). The number of halogens is 1. The monoisotopic (exact) mass is 428 g/mol. The minimum absolute atomic E-state index is 0.277. The van der Waals surface area contributed by atoms with Crippen molar-refractivity contribution in [1.29, 1.82) is 0 Å². The van der Waals surface area contributed by atoms with Gasteiger partial charge in [0.15, 0.2) is 5.76 Å². The molecule has 160 valence electrons. The van der Waals surface area contributed by atoms with Gasteiger partial charge < -0.3 is 9.73 Å². The highest BCUT2D eigenvalue weighted by Crippen LogP contribution is 2.31. The molecule has 0 bridgehead atoms. The topological polar surface area (TPSA) is 79.5 Å². The van der Waals surface area contributed by atoms with Gasteiger partial charge in [0.2, 0.25) is 0 Å². The van der Waals surface area contributed by atoms with Gasteiger partial charge in [-0.25, -0.2) is 4.39 Å². The van der Waals surface area contributed by atoms with Gasteiger partial charge in [-0.2, -0.15) is 5.10 Å². The number of hydrogen-bond acceptors (Lipinski definition) is 5. The Morgan fingerprint density at radius 1 is 1.09 bits per heavy atom. The number of furan rings is 1. The number of carbonyl (C=O) groups is 1. The lowest BCUT2D eigenvalue weighted by molar-refractivity contribution is 0.0994. The zero-order chi connectivity index (χ0) is 22.1. The second-order valence-corrected chi connectivity index (χ2v) is 7.72. The minimum Gasteiger partial charge on any atom is -0.455 e. The Hall–Kier alpha value is -4.00. The van der Waals surface area contributed by atoms with E-state index < -0.39 is 0 Å². The van der Waals surface area contributed by atoms with Crippen molar-refractivity contribution in [2.45, 2.75) is 26.2 Å². The van der Waals surface area contributed by atoms with Crippen LogP contribution < -0.4 is 10.7 Å². The Morgan fingerprint density at radius 3 is 2.75 bits per heavy atom. The van der Waals surface area contributed by atoms with Crippen molar-refractivity contribution < 1.29 is 13.6 Å². The van der Waals surface area contributed by atoms with Gasteiger partial charge in [-0.15, -0.1) is 0 Å². The van der Waals surface area contributed by atoms with Gasteiger partial charge in [0.25, 0.3) is 5.91 Å². The minimum atomic E-state index is -0.319. The number of carbonyl (C=O) groups excluding carboxylic acids is 1. The number of anilines is 2. The highest BCUT2D eigenvalue weighted by atomic mass is 19.1. The molecule has 0 radical (unpaired) electrons. The molecule has 2 N–H and O–H groups in total. The quantitative estimate of drug-likeness (QED) is 0.410. The number of pyridine rings is 1. The zero-order valence-electron chi connectivity index (χ0n) is 17.5. The first-order valence-electron chi connectivity index (χ1n) is 10.5. The molecule has 0 saturated heterocycles. The normalized spacial score (nSPS) is 14.4. The number of nitrogens with zero attached hydrogens (tertiary/aromatic N) is 2. The molecule has 0 fully saturated rings. The van der Waals surface area contributed by atoms with E-state index in [1.54, 1.807) is 18.3 Å². The molecule has 6 nitrogen and oxygen atoms in total. The van der Waals surface area contributed by atoms with Crippen LogP contribution >= 0.6 is 0 Å². The Bertz CT molecular complexity index is 1340. The summed E-state index contributed by atoms with van der Waals surface area (Å²) in [6, 6.07) is 15.5. The molecular weight excluding hydrogens is 407 g/mol. The van der Waals surface area contributed by atoms with Crippen LogP contribution in [0.15, 0.2) is 70.3 Å². The van der Waals surface area contributed by atoms with Crippen molar-refractivity contribution in [3.8, 4) is 0 Å². The SMILES string of the molecule is Cc1c(C(=O)Nc2cccc3cccnc23)oc2c1/C(=N/Nc1ccc(F)cc1)CCC2. The Balaban J connectivity index is 1.43. The molecule has 1 aliphatic carbocycles. The van der Waals surface area contributed by atoms with E-state index >= 15 is 0 Å². The Kier molecular flexibility index (Phi) is 5.15. The van der Waals surface area contributed by atoms with Gasteiger partial charge >= 0.3 is 0 Å². The van der Waals surface area contributed by atoms with Gasteiger partial charge in [0.05, 0.1) is 22.6 Å². The highest BCUT2D eigenvalue weighted by Gasteiger charge is 2.28. The summed E-state index contributed by atoms with van der Waals surface area (Å²) in [5, 5.41) is 8.41. The van der Waals surface area contributed by atoms with Crippen LogP contribution in [0.25, 0.3) is 10.9 Å². The van der Waals surface area contributed by atoms with Crippen molar-refractivity contribution in [3.05, 3.63) is 89.3 Å². The maximum atomic E-state index is 13.1. The third-order valence-corrected chi connectivity index (χ3v) is 5.58. The number of aromatic nitrogens is 1. The fourth-order valence-electron chi connectivity index (χ4n) is 4.04. The van der Waals surface area contributed by atoms with Crippen molar-refractivity contribution in [2.75, 3.05) is 10.7 Å². The molecule has 32 heavy (non-hydrogen) atoms. The standard InChI is InChI=1S/C25H21FN4O2/c1-15-22-19(30-29-18-12-10-17(26)11-13-18)7-3-9-21(22)32-24(15)25(31)28-20-8-2-5-16-6-4-14-27-23(16)20/h2,4-6,8,10-14,29H,3,7,9H2,1H3,(H,28,31)/b30-19+. The predicted octanol–water partition coefficient (Wildman–Crippen LogP) is 5.68. The van der Waals surface area contributed by atoms with E-state index in [0.717, 1.165) is 52.8 Å². The van der Waals surface area contributed by atoms with Gasteiger partial charge in [-0.05, 0) is 56.2 Å². The number of nitrogens with one attached hydrogen (secondary N) is 2. The second-order valence-electron chi connectivity index (χ2n) is 7.72. The van der Waals surface area contributed by atoms with Crippen LogP contribution in [0.1, 0.15) is 40.3 Å². The number of hydrogen-bond donors (Lipinski definition) is 2. The lowest BCUT2D eigenvalue weighted by Gasteiger charge is -2.13. The number of aryl methyl sites for hydroxylation is 1. The first kappa shape index (κ1) is 19.9. The first-order chi connectivity index (χ1) is 15.6. The summed E-state index contributed by atoms with van der Waals surface area (Å²) in [5.74, 6) is 0.417. The third-order valence-electron chi connectivity index (χ3n) is 5.58. The maximum absolute atomic E-state index is 13.1. The summed E-state index contributed by atoms with van der Waals surface area (Å²) >= 11 is 0. The molecule has 4 aromatic rings. The zero-order valence-corrected chi connectivity index (χ0v) is 17.5. The predicted molar refractivity (Wildman–Crippen MR) is 123 cm³/mol. The molecule has 2 aromatic heterocycles. The van der Waals surface area contributed by atoms with Crippen LogP contribution in [0.4, 0.5) is 15.8 Å². The van der Waals surface area contributed by atoms with Crippen LogP contribution in [0.3, 0.4) is 0 Å². The van der Waals surface area contributed by atoms with Crippen LogP contribution in [-0.2, 0) is 6.42 Å². The number of hydrazone groups is 1. The Morgan fingerprint density at radius 2 is 1.91 bits per heavy atom. The maximum Gasteiger partial charge on any atom is 0.291 e. The summed E-state index contributed by atoms with van der Waals surface area (Å²) < 4.78 is 19.1. The van der Waals surface area contributed by atoms with E-state index in [9.17, 15) is 9.18 Å². The van der Waals surface area contributed by atoms with Gasteiger partial charge in [0, 0.05) is 29.1 Å². The van der Waals surface area contributed by atoms with E-state index in [4.69, 9.17) is 4.42 Å². The summed E-state index contributed by atoms with van der Waals surface area (Å²) in [5.41, 5.74) is 7.47. The lowest BCUT2D eigenvalue weighted by atomic mass is 9.93. The molecule has 0 atom stereocenters. The first-order valence-corrected chi connectivity index (χ1v) is 10.5. The fourth-order valence-corrected chi connectivity index (χ4v) is 4.04. The van der Waals surface area contributed by atoms with Crippen molar-refractivity contribution in [3.63, 3.8) is 0 Å². The molecule has 1 amide bonds. The van der Waals surface area contributed by atoms with E-state index in [1.807, 2.05) is 37.3 Å².